The molecule has 110 valence electrons. The molecule has 3 aromatic rings. The molecule has 0 aliphatic rings. The Bertz CT molecular complexity index is 897. The second kappa shape index (κ2) is 5.44. The maximum Gasteiger partial charge on any atom is 0.336 e. The van der Waals surface area contributed by atoms with E-state index >= 15 is 0 Å². The number of anilines is 1. The highest BCUT2D eigenvalue weighted by Gasteiger charge is 2.16. The number of amides is 1. The molecule has 1 N–H and O–H groups in total. The molecule has 0 unspecified atom stereocenters. The Morgan fingerprint density at radius 2 is 1.95 bits per heavy atom. The van der Waals surface area contributed by atoms with E-state index in [0.29, 0.717) is 28.1 Å². The Morgan fingerprint density at radius 1 is 1.18 bits per heavy atom. The molecule has 0 bridgehead atoms. The summed E-state index contributed by atoms with van der Waals surface area (Å²) in [6.07, 6.45) is 1.68. The molecule has 0 fully saturated rings. The number of pyridine rings is 1. The van der Waals surface area contributed by atoms with Crippen LogP contribution in [-0.2, 0) is 0 Å². The summed E-state index contributed by atoms with van der Waals surface area (Å²) in [5.41, 5.74) is 1.82. The summed E-state index contributed by atoms with van der Waals surface area (Å²) in [5.74, 6) is -0.0207. The van der Waals surface area contributed by atoms with E-state index in [9.17, 15) is 9.59 Å². The maximum absolute atomic E-state index is 12.5. The number of carbonyl (C=O) groups is 1. The van der Waals surface area contributed by atoms with Crippen LogP contribution < -0.4 is 10.9 Å². The van der Waals surface area contributed by atoms with Gasteiger partial charge in [-0.3, -0.25) is 9.78 Å². The van der Waals surface area contributed by atoms with Crippen LogP contribution in [0.1, 0.15) is 21.7 Å². The average molecular weight is 294 g/mol. The third-order valence-electron chi connectivity index (χ3n) is 3.44. The number of fused-ring (bicyclic) bond motifs is 1. The lowest BCUT2D eigenvalue weighted by molar-refractivity contribution is 0.102. The van der Waals surface area contributed by atoms with Crippen molar-refractivity contribution < 1.29 is 9.21 Å². The molecule has 2 heterocycles. The number of para-hydroxylation sites is 1. The quantitative estimate of drug-likeness (QED) is 0.788. The first kappa shape index (κ1) is 14.0. The maximum atomic E-state index is 12.5. The number of nitrogens with one attached hydrogen (secondary N) is 1. The van der Waals surface area contributed by atoms with Gasteiger partial charge in [-0.2, -0.15) is 0 Å². The molecule has 0 atom stereocenters. The highest BCUT2D eigenvalue weighted by molar-refractivity contribution is 6.09. The number of nitrogens with zero attached hydrogens (tertiary/aromatic N) is 1. The van der Waals surface area contributed by atoms with Crippen molar-refractivity contribution in [2.75, 3.05) is 5.32 Å². The minimum Gasteiger partial charge on any atom is -0.427 e. The van der Waals surface area contributed by atoms with Crippen LogP contribution >= 0.6 is 0 Å². The van der Waals surface area contributed by atoms with Crippen molar-refractivity contribution in [1.82, 2.24) is 4.98 Å². The molecular formula is C17H14N2O3. The first-order chi connectivity index (χ1) is 10.6. The molecule has 5 heteroatoms. The summed E-state index contributed by atoms with van der Waals surface area (Å²) < 4.78 is 5.00. The standard InChI is InChI=1S/C17H14N2O3/c1-10-9-14(20)22-11(2)15(10)17(21)19-13-7-3-5-12-6-4-8-18-16(12)13/h3-9H,1-2H3,(H,19,21). The lowest BCUT2D eigenvalue weighted by Gasteiger charge is -2.10. The second-order valence-electron chi connectivity index (χ2n) is 5.01. The molecule has 1 aromatic carbocycles. The molecule has 0 saturated heterocycles. The van der Waals surface area contributed by atoms with Crippen molar-refractivity contribution in [3.8, 4) is 0 Å². The monoisotopic (exact) mass is 294 g/mol. The minimum atomic E-state index is -0.460. The summed E-state index contributed by atoms with van der Waals surface area (Å²) in [4.78, 5) is 28.1. The van der Waals surface area contributed by atoms with Crippen molar-refractivity contribution in [3.63, 3.8) is 0 Å². The van der Waals surface area contributed by atoms with Crippen LogP contribution in [0.25, 0.3) is 10.9 Å². The van der Waals surface area contributed by atoms with Crippen LogP contribution in [0.4, 0.5) is 5.69 Å². The van der Waals surface area contributed by atoms with Crippen molar-refractivity contribution in [3.05, 3.63) is 69.9 Å². The molecular weight excluding hydrogens is 280 g/mol. The van der Waals surface area contributed by atoms with E-state index in [-0.39, 0.29) is 5.91 Å². The average Bonchev–Trinajstić information content (AvgIpc) is 2.46. The summed E-state index contributed by atoms with van der Waals surface area (Å²) in [7, 11) is 0. The van der Waals surface area contributed by atoms with Crippen molar-refractivity contribution in [1.29, 1.82) is 0 Å². The number of aromatic nitrogens is 1. The summed E-state index contributed by atoms with van der Waals surface area (Å²) in [6, 6.07) is 10.6. The zero-order chi connectivity index (χ0) is 15.7. The van der Waals surface area contributed by atoms with Gasteiger partial charge in [0, 0.05) is 17.6 Å². The van der Waals surface area contributed by atoms with Gasteiger partial charge in [0.25, 0.3) is 5.91 Å². The van der Waals surface area contributed by atoms with E-state index < -0.39 is 5.63 Å². The van der Waals surface area contributed by atoms with Crippen LogP contribution in [0.3, 0.4) is 0 Å². The van der Waals surface area contributed by atoms with Gasteiger partial charge in [-0.05, 0) is 31.5 Å². The first-order valence-electron chi connectivity index (χ1n) is 6.83. The van der Waals surface area contributed by atoms with Gasteiger partial charge in [0.15, 0.2) is 0 Å². The molecule has 2 aromatic heterocycles. The first-order valence-corrected chi connectivity index (χ1v) is 6.83. The van der Waals surface area contributed by atoms with Gasteiger partial charge in [0.1, 0.15) is 5.76 Å². The molecule has 5 nitrogen and oxygen atoms in total. The molecule has 0 radical (unpaired) electrons. The fourth-order valence-corrected chi connectivity index (χ4v) is 2.49. The van der Waals surface area contributed by atoms with Gasteiger partial charge < -0.3 is 9.73 Å². The summed E-state index contributed by atoms with van der Waals surface area (Å²) >= 11 is 0. The van der Waals surface area contributed by atoms with Crippen molar-refractivity contribution >= 4 is 22.5 Å². The number of hydrogen-bond acceptors (Lipinski definition) is 4. The smallest absolute Gasteiger partial charge is 0.336 e. The van der Waals surface area contributed by atoms with Crippen LogP contribution in [0.15, 0.2) is 51.8 Å². The Morgan fingerprint density at radius 3 is 2.73 bits per heavy atom. The third kappa shape index (κ3) is 2.48. The molecule has 0 saturated carbocycles. The van der Waals surface area contributed by atoms with Gasteiger partial charge >= 0.3 is 5.63 Å². The fraction of sp³-hybridized carbons (Fsp3) is 0.118. The number of benzene rings is 1. The lowest BCUT2D eigenvalue weighted by atomic mass is 10.1. The number of rotatable bonds is 2. The summed E-state index contributed by atoms with van der Waals surface area (Å²) in [6.45, 7) is 3.31. The third-order valence-corrected chi connectivity index (χ3v) is 3.44. The molecule has 0 aliphatic heterocycles. The van der Waals surface area contributed by atoms with E-state index in [1.807, 2.05) is 24.3 Å². The van der Waals surface area contributed by atoms with E-state index in [2.05, 4.69) is 10.3 Å². The predicted octanol–water partition coefficient (Wildman–Crippen LogP) is 3.06. The minimum absolute atomic E-state index is 0.302. The van der Waals surface area contributed by atoms with Crippen molar-refractivity contribution in [2.45, 2.75) is 13.8 Å². The van der Waals surface area contributed by atoms with Crippen LogP contribution in [0, 0.1) is 13.8 Å². The number of carbonyl (C=O) groups excluding carboxylic acids is 1. The Labute approximate surface area is 126 Å². The van der Waals surface area contributed by atoms with E-state index in [1.165, 1.54) is 6.07 Å². The zero-order valence-corrected chi connectivity index (χ0v) is 12.2. The SMILES string of the molecule is Cc1cc(=O)oc(C)c1C(=O)Nc1cccc2cccnc12. The van der Waals surface area contributed by atoms with E-state index in [4.69, 9.17) is 4.42 Å². The summed E-state index contributed by atoms with van der Waals surface area (Å²) in [5, 5.41) is 3.78. The number of hydrogen-bond donors (Lipinski definition) is 1. The van der Waals surface area contributed by atoms with Crippen LogP contribution in [0.5, 0.6) is 0 Å². The predicted molar refractivity (Wildman–Crippen MR) is 84.1 cm³/mol. The van der Waals surface area contributed by atoms with Crippen LogP contribution in [0.2, 0.25) is 0 Å². The molecule has 0 spiro atoms. The van der Waals surface area contributed by atoms with Gasteiger partial charge in [-0.25, -0.2) is 4.79 Å². The molecule has 1 amide bonds. The highest BCUT2D eigenvalue weighted by atomic mass is 16.4. The van der Waals surface area contributed by atoms with Gasteiger partial charge in [-0.1, -0.05) is 18.2 Å². The van der Waals surface area contributed by atoms with Gasteiger partial charge in [0.2, 0.25) is 0 Å². The van der Waals surface area contributed by atoms with E-state index in [1.54, 1.807) is 26.1 Å². The molecule has 3 rings (SSSR count). The Balaban J connectivity index is 2.03. The van der Waals surface area contributed by atoms with Gasteiger partial charge in [0.05, 0.1) is 16.8 Å². The van der Waals surface area contributed by atoms with Crippen molar-refractivity contribution in [2.24, 2.45) is 0 Å². The lowest BCUT2D eigenvalue weighted by Crippen LogP contribution is -2.17. The normalized spacial score (nSPS) is 10.6. The largest absolute Gasteiger partial charge is 0.427 e. The Hall–Kier alpha value is -2.95. The van der Waals surface area contributed by atoms with Crippen LogP contribution in [-0.4, -0.2) is 10.9 Å². The molecule has 0 aliphatic carbocycles. The highest BCUT2D eigenvalue weighted by Crippen LogP contribution is 2.22. The van der Waals surface area contributed by atoms with Gasteiger partial charge in [-0.15, -0.1) is 0 Å². The number of aryl methyl sites for hydroxylation is 2. The second-order valence-corrected chi connectivity index (χ2v) is 5.01. The fourth-order valence-electron chi connectivity index (χ4n) is 2.49. The molecule has 22 heavy (non-hydrogen) atoms. The van der Waals surface area contributed by atoms with E-state index in [0.717, 1.165) is 5.39 Å². The zero-order valence-electron chi connectivity index (χ0n) is 12.2. The topological polar surface area (TPSA) is 72.2 Å². The Kier molecular flexibility index (Phi) is 3.47.